The van der Waals surface area contributed by atoms with Crippen LogP contribution in [0.4, 0.5) is 5.69 Å². The van der Waals surface area contributed by atoms with E-state index < -0.39 is 0 Å². The topological polar surface area (TPSA) is 69.3 Å². The molecule has 168 valence electrons. The van der Waals surface area contributed by atoms with E-state index in [0.717, 1.165) is 38.1 Å². The van der Waals surface area contributed by atoms with Crippen molar-refractivity contribution in [1.82, 2.24) is 4.90 Å². The highest BCUT2D eigenvalue weighted by atomic mass is 16.5. The van der Waals surface area contributed by atoms with E-state index in [2.05, 4.69) is 22.3 Å². The SMILES string of the molecule is COc1cccc(CC2CCCN2CCC(=O)Nc2cc(OC)c(OC)c(OC)c2)c1. The number of nitrogens with zero attached hydrogens (tertiary/aromatic N) is 1. The first kappa shape index (κ1) is 22.7. The third kappa shape index (κ3) is 5.82. The summed E-state index contributed by atoms with van der Waals surface area (Å²) in [6.07, 6.45) is 3.69. The molecule has 1 aliphatic rings. The number of nitrogens with one attached hydrogen (secondary N) is 1. The van der Waals surface area contributed by atoms with E-state index >= 15 is 0 Å². The van der Waals surface area contributed by atoms with Crippen molar-refractivity contribution in [2.75, 3.05) is 46.8 Å². The van der Waals surface area contributed by atoms with Crippen molar-refractivity contribution in [1.29, 1.82) is 0 Å². The maximum atomic E-state index is 12.6. The molecule has 0 aliphatic carbocycles. The maximum absolute atomic E-state index is 12.6. The van der Waals surface area contributed by atoms with Gasteiger partial charge in [0.1, 0.15) is 5.75 Å². The highest BCUT2D eigenvalue weighted by Crippen LogP contribution is 2.40. The summed E-state index contributed by atoms with van der Waals surface area (Å²) in [6.45, 7) is 1.75. The molecule has 1 fully saturated rings. The van der Waals surface area contributed by atoms with Crippen LogP contribution in [0.5, 0.6) is 23.0 Å². The number of methoxy groups -OCH3 is 4. The van der Waals surface area contributed by atoms with Crippen molar-refractivity contribution in [2.24, 2.45) is 0 Å². The molecule has 1 amide bonds. The minimum absolute atomic E-state index is 0.0405. The minimum Gasteiger partial charge on any atom is -0.497 e. The molecule has 1 heterocycles. The number of anilines is 1. The zero-order chi connectivity index (χ0) is 22.2. The zero-order valence-electron chi connectivity index (χ0n) is 18.8. The van der Waals surface area contributed by atoms with Crippen LogP contribution >= 0.6 is 0 Å². The van der Waals surface area contributed by atoms with Crippen LogP contribution in [0.1, 0.15) is 24.8 Å². The Hall–Kier alpha value is -2.93. The average Bonchev–Trinajstić information content (AvgIpc) is 3.23. The molecule has 0 saturated carbocycles. The second-order valence-electron chi connectivity index (χ2n) is 7.60. The van der Waals surface area contributed by atoms with Gasteiger partial charge in [0, 0.05) is 36.8 Å². The second-order valence-corrected chi connectivity index (χ2v) is 7.60. The van der Waals surface area contributed by atoms with Gasteiger partial charge in [0.15, 0.2) is 11.5 Å². The fourth-order valence-electron chi connectivity index (χ4n) is 4.11. The van der Waals surface area contributed by atoms with Gasteiger partial charge in [0.25, 0.3) is 0 Å². The number of ether oxygens (including phenoxy) is 4. The highest BCUT2D eigenvalue weighted by Gasteiger charge is 2.25. The Labute approximate surface area is 184 Å². The zero-order valence-corrected chi connectivity index (χ0v) is 18.8. The molecular weight excluding hydrogens is 396 g/mol. The molecule has 0 spiro atoms. The molecule has 0 radical (unpaired) electrons. The summed E-state index contributed by atoms with van der Waals surface area (Å²) in [7, 11) is 6.35. The molecule has 2 aromatic rings. The average molecular weight is 429 g/mol. The Balaban J connectivity index is 1.57. The Bertz CT molecular complexity index is 861. The van der Waals surface area contributed by atoms with Crippen LogP contribution in [-0.2, 0) is 11.2 Å². The van der Waals surface area contributed by atoms with Gasteiger partial charge in [-0.05, 0) is 43.5 Å². The molecule has 1 unspecified atom stereocenters. The van der Waals surface area contributed by atoms with Gasteiger partial charge >= 0.3 is 0 Å². The Morgan fingerprint density at radius 2 is 1.77 bits per heavy atom. The van der Waals surface area contributed by atoms with Crippen molar-refractivity contribution in [2.45, 2.75) is 31.7 Å². The third-order valence-corrected chi connectivity index (χ3v) is 5.68. The molecule has 7 heteroatoms. The van der Waals surface area contributed by atoms with E-state index in [9.17, 15) is 4.79 Å². The number of amides is 1. The predicted octanol–water partition coefficient (Wildman–Crippen LogP) is 3.76. The molecule has 1 aliphatic heterocycles. The molecule has 31 heavy (non-hydrogen) atoms. The van der Waals surface area contributed by atoms with Crippen LogP contribution in [0.2, 0.25) is 0 Å². The maximum Gasteiger partial charge on any atom is 0.225 e. The summed E-state index contributed by atoms with van der Waals surface area (Å²) in [6, 6.07) is 12.1. The third-order valence-electron chi connectivity index (χ3n) is 5.68. The minimum atomic E-state index is -0.0405. The lowest BCUT2D eigenvalue weighted by molar-refractivity contribution is -0.116. The fourth-order valence-corrected chi connectivity index (χ4v) is 4.11. The van der Waals surface area contributed by atoms with Crippen LogP contribution in [0.3, 0.4) is 0 Å². The van der Waals surface area contributed by atoms with Gasteiger partial charge < -0.3 is 24.3 Å². The summed E-state index contributed by atoms with van der Waals surface area (Å²) < 4.78 is 21.4. The van der Waals surface area contributed by atoms with Crippen LogP contribution in [-0.4, -0.2) is 58.4 Å². The first-order chi connectivity index (χ1) is 15.1. The normalized spacial score (nSPS) is 16.1. The van der Waals surface area contributed by atoms with Gasteiger partial charge in [-0.25, -0.2) is 0 Å². The van der Waals surface area contributed by atoms with Crippen molar-refractivity contribution in [3.63, 3.8) is 0 Å². The van der Waals surface area contributed by atoms with Gasteiger partial charge in [-0.15, -0.1) is 0 Å². The molecule has 2 aromatic carbocycles. The summed E-state index contributed by atoms with van der Waals surface area (Å²) in [5.41, 5.74) is 1.88. The van der Waals surface area contributed by atoms with Gasteiger partial charge in [0.05, 0.1) is 28.4 Å². The number of benzene rings is 2. The number of hydrogen-bond donors (Lipinski definition) is 1. The van der Waals surface area contributed by atoms with Crippen molar-refractivity contribution < 1.29 is 23.7 Å². The lowest BCUT2D eigenvalue weighted by atomic mass is 10.0. The van der Waals surface area contributed by atoms with Gasteiger partial charge in [-0.2, -0.15) is 0 Å². The standard InChI is InChI=1S/C24H32N2O5/c1-28-20-9-5-7-17(14-20)13-19-8-6-11-26(19)12-10-23(27)25-18-15-21(29-2)24(31-4)22(16-18)30-3/h5,7,9,14-16,19H,6,8,10-13H2,1-4H3,(H,25,27). The largest absolute Gasteiger partial charge is 0.497 e. The van der Waals surface area contributed by atoms with Gasteiger partial charge in [-0.3, -0.25) is 9.69 Å². The Morgan fingerprint density at radius 3 is 2.42 bits per heavy atom. The van der Waals surface area contributed by atoms with Crippen LogP contribution in [0.25, 0.3) is 0 Å². The van der Waals surface area contributed by atoms with E-state index in [1.54, 1.807) is 40.6 Å². The van der Waals surface area contributed by atoms with Gasteiger partial charge in [-0.1, -0.05) is 12.1 Å². The summed E-state index contributed by atoms with van der Waals surface area (Å²) in [5, 5.41) is 2.95. The Morgan fingerprint density at radius 1 is 1.03 bits per heavy atom. The summed E-state index contributed by atoms with van der Waals surface area (Å²) in [5.74, 6) is 2.36. The number of likely N-dealkylation sites (tertiary alicyclic amines) is 1. The first-order valence-electron chi connectivity index (χ1n) is 10.5. The summed E-state index contributed by atoms with van der Waals surface area (Å²) in [4.78, 5) is 15.0. The number of carbonyl (C=O) groups excluding carboxylic acids is 1. The number of carbonyl (C=O) groups is 1. The van der Waals surface area contributed by atoms with Crippen molar-refractivity contribution in [3.8, 4) is 23.0 Å². The molecule has 1 saturated heterocycles. The van der Waals surface area contributed by atoms with E-state index in [1.807, 2.05) is 12.1 Å². The molecular formula is C24H32N2O5. The quantitative estimate of drug-likeness (QED) is 0.622. The second kappa shape index (κ2) is 10.9. The van der Waals surface area contributed by atoms with E-state index in [1.165, 1.54) is 5.56 Å². The first-order valence-corrected chi connectivity index (χ1v) is 10.5. The number of hydrogen-bond acceptors (Lipinski definition) is 6. The van der Waals surface area contributed by atoms with E-state index in [0.29, 0.717) is 35.4 Å². The van der Waals surface area contributed by atoms with Crippen LogP contribution < -0.4 is 24.3 Å². The molecule has 0 bridgehead atoms. The predicted molar refractivity (Wildman–Crippen MR) is 121 cm³/mol. The van der Waals surface area contributed by atoms with E-state index in [4.69, 9.17) is 18.9 Å². The molecule has 7 nitrogen and oxygen atoms in total. The van der Waals surface area contributed by atoms with Crippen LogP contribution in [0.15, 0.2) is 36.4 Å². The Kier molecular flexibility index (Phi) is 8.00. The van der Waals surface area contributed by atoms with Gasteiger partial charge in [0.2, 0.25) is 11.7 Å². The van der Waals surface area contributed by atoms with E-state index in [-0.39, 0.29) is 5.91 Å². The highest BCUT2D eigenvalue weighted by molar-refractivity contribution is 5.91. The smallest absolute Gasteiger partial charge is 0.225 e. The lowest BCUT2D eigenvalue weighted by Crippen LogP contribution is -2.33. The van der Waals surface area contributed by atoms with Crippen LogP contribution in [0, 0.1) is 0 Å². The molecule has 3 rings (SSSR count). The fraction of sp³-hybridized carbons (Fsp3) is 0.458. The van der Waals surface area contributed by atoms with Crippen molar-refractivity contribution in [3.05, 3.63) is 42.0 Å². The monoisotopic (exact) mass is 428 g/mol. The molecule has 0 aromatic heterocycles. The number of rotatable bonds is 10. The molecule has 1 N–H and O–H groups in total. The molecule has 1 atom stereocenters. The van der Waals surface area contributed by atoms with Crippen molar-refractivity contribution >= 4 is 11.6 Å². The summed E-state index contributed by atoms with van der Waals surface area (Å²) >= 11 is 0. The lowest BCUT2D eigenvalue weighted by Gasteiger charge is -2.24.